The molecule has 0 amide bonds. The van der Waals surface area contributed by atoms with E-state index in [0.717, 1.165) is 12.8 Å². The lowest BCUT2D eigenvalue weighted by molar-refractivity contribution is 0.234. The first-order valence-corrected chi connectivity index (χ1v) is 12.2. The van der Waals surface area contributed by atoms with Crippen molar-refractivity contribution in [2.24, 2.45) is 20.8 Å². The molecule has 0 N–H and O–H groups in total. The van der Waals surface area contributed by atoms with Gasteiger partial charge in [-0.3, -0.25) is 9.98 Å². The molecule has 0 aliphatic carbocycles. The molecule has 2 heterocycles. The molecule has 0 aromatic rings. The molecule has 0 radical (unpaired) electrons. The summed E-state index contributed by atoms with van der Waals surface area (Å²) in [6.07, 6.45) is 15.2. The maximum absolute atomic E-state index is 5.59. The molecular weight excluding hydrogens is 340 g/mol. The molecular formula is C26H48N2. The van der Waals surface area contributed by atoms with Gasteiger partial charge in [0.2, 0.25) is 0 Å². The Kier molecular flexibility index (Phi) is 7.59. The number of aliphatic imine (C=N–C) groups is 2. The largest absolute Gasteiger partial charge is 0.284 e. The third kappa shape index (κ3) is 5.08. The summed E-state index contributed by atoms with van der Waals surface area (Å²) in [4.78, 5) is 11.2. The summed E-state index contributed by atoms with van der Waals surface area (Å²) < 4.78 is 0. The number of nitrogens with zero attached hydrogens (tertiary/aromatic N) is 2. The van der Waals surface area contributed by atoms with Crippen LogP contribution in [0.25, 0.3) is 0 Å². The van der Waals surface area contributed by atoms with Gasteiger partial charge in [0.15, 0.2) is 0 Å². The maximum atomic E-state index is 5.59. The molecule has 2 aliphatic heterocycles. The fourth-order valence-electron chi connectivity index (χ4n) is 5.07. The van der Waals surface area contributed by atoms with Gasteiger partial charge in [0, 0.05) is 24.3 Å². The second-order valence-corrected chi connectivity index (χ2v) is 11.7. The summed E-state index contributed by atoms with van der Waals surface area (Å²) in [7, 11) is 0. The predicted octanol–water partition coefficient (Wildman–Crippen LogP) is 8.19. The Balaban J connectivity index is 2.36. The lowest BCUT2D eigenvalue weighted by atomic mass is 9.69. The first-order chi connectivity index (χ1) is 13.0. The average Bonchev–Trinajstić information content (AvgIpc) is 3.05. The van der Waals surface area contributed by atoms with E-state index in [1.807, 2.05) is 0 Å². The number of hydrogen-bond donors (Lipinski definition) is 0. The van der Waals surface area contributed by atoms with Crippen molar-refractivity contribution in [3.63, 3.8) is 0 Å². The van der Waals surface area contributed by atoms with E-state index in [0.29, 0.717) is 0 Å². The van der Waals surface area contributed by atoms with Gasteiger partial charge in [-0.1, -0.05) is 107 Å². The number of unbranched alkanes of at least 4 members (excludes halogenated alkanes) is 6. The molecule has 2 unspecified atom stereocenters. The van der Waals surface area contributed by atoms with Crippen LogP contribution in [0.2, 0.25) is 0 Å². The second kappa shape index (κ2) is 9.00. The second-order valence-electron chi connectivity index (χ2n) is 11.7. The molecule has 28 heavy (non-hydrogen) atoms. The first-order valence-electron chi connectivity index (χ1n) is 12.2. The van der Waals surface area contributed by atoms with Crippen molar-refractivity contribution in [2.45, 2.75) is 144 Å². The zero-order valence-corrected chi connectivity index (χ0v) is 20.4. The van der Waals surface area contributed by atoms with E-state index in [9.17, 15) is 0 Å². The van der Waals surface area contributed by atoms with E-state index in [4.69, 9.17) is 9.98 Å². The Hall–Kier alpha value is -0.660. The number of hydrogen-bond acceptors (Lipinski definition) is 2. The Morgan fingerprint density at radius 2 is 0.964 bits per heavy atom. The van der Waals surface area contributed by atoms with Crippen LogP contribution in [0.5, 0.6) is 0 Å². The van der Waals surface area contributed by atoms with Crippen LogP contribution in [0.15, 0.2) is 9.98 Å². The van der Waals surface area contributed by atoms with Gasteiger partial charge in [-0.25, -0.2) is 0 Å². The molecule has 2 rings (SSSR count). The van der Waals surface area contributed by atoms with Crippen LogP contribution in [0.1, 0.15) is 132 Å². The molecule has 0 bridgehead atoms. The molecule has 0 fully saturated rings. The first kappa shape index (κ1) is 23.6. The molecule has 2 aliphatic rings. The van der Waals surface area contributed by atoms with Crippen molar-refractivity contribution in [1.29, 1.82) is 0 Å². The number of rotatable bonds is 10. The van der Waals surface area contributed by atoms with Gasteiger partial charge in [-0.2, -0.15) is 0 Å². The van der Waals surface area contributed by atoms with Crippen molar-refractivity contribution in [2.75, 3.05) is 0 Å². The van der Waals surface area contributed by atoms with Gasteiger partial charge < -0.3 is 0 Å². The topological polar surface area (TPSA) is 24.7 Å². The molecule has 0 spiro atoms. The standard InChI is InChI=1S/C26H48N2/c1-9-11-13-15-17-25-19-21(23(3,4)5)28-26(25,18-16-14-12-10-2)20-22(27-25)24(6,7)8/h9-20H2,1-8H3. The highest BCUT2D eigenvalue weighted by Gasteiger charge is 2.60. The van der Waals surface area contributed by atoms with E-state index >= 15 is 0 Å². The molecule has 0 saturated carbocycles. The molecule has 162 valence electrons. The van der Waals surface area contributed by atoms with Crippen LogP contribution in [0.3, 0.4) is 0 Å². The molecule has 2 nitrogen and oxygen atoms in total. The quantitative estimate of drug-likeness (QED) is 0.337. The summed E-state index contributed by atoms with van der Waals surface area (Å²) in [6.45, 7) is 18.7. The molecule has 2 heteroatoms. The van der Waals surface area contributed by atoms with E-state index in [-0.39, 0.29) is 21.9 Å². The average molecular weight is 389 g/mol. The summed E-state index contributed by atoms with van der Waals surface area (Å²) in [6, 6.07) is 0. The van der Waals surface area contributed by atoms with Crippen molar-refractivity contribution in [3.05, 3.63) is 0 Å². The Bertz CT molecular complexity index is 520. The van der Waals surface area contributed by atoms with Crippen LogP contribution in [-0.2, 0) is 0 Å². The highest BCUT2D eigenvalue weighted by Crippen LogP contribution is 2.55. The van der Waals surface area contributed by atoms with E-state index < -0.39 is 0 Å². The number of fused-ring (bicyclic) bond motifs is 1. The SMILES string of the molecule is CCCCCCC12CC(C(C)(C)C)=NC1(CCCCCC)CC(C(C)(C)C)=N2. The van der Waals surface area contributed by atoms with Crippen LogP contribution in [0.4, 0.5) is 0 Å². The van der Waals surface area contributed by atoms with E-state index in [1.165, 1.54) is 75.6 Å². The third-order valence-electron chi connectivity index (χ3n) is 7.10. The van der Waals surface area contributed by atoms with Crippen molar-refractivity contribution in [3.8, 4) is 0 Å². The van der Waals surface area contributed by atoms with Crippen molar-refractivity contribution < 1.29 is 0 Å². The fraction of sp³-hybridized carbons (Fsp3) is 0.923. The van der Waals surface area contributed by atoms with Gasteiger partial charge in [0.1, 0.15) is 0 Å². The normalized spacial score (nSPS) is 27.7. The Morgan fingerprint density at radius 1 is 0.607 bits per heavy atom. The highest BCUT2D eigenvalue weighted by atomic mass is 15.1. The lowest BCUT2D eigenvalue weighted by Crippen LogP contribution is -2.45. The zero-order chi connectivity index (χ0) is 21.1. The minimum Gasteiger partial charge on any atom is -0.284 e. The zero-order valence-electron chi connectivity index (χ0n) is 20.4. The van der Waals surface area contributed by atoms with Gasteiger partial charge >= 0.3 is 0 Å². The fourth-order valence-corrected chi connectivity index (χ4v) is 5.07. The summed E-state index contributed by atoms with van der Waals surface area (Å²) in [5.74, 6) is 0. The minimum absolute atomic E-state index is 0.0399. The summed E-state index contributed by atoms with van der Waals surface area (Å²) in [5, 5.41) is 0. The van der Waals surface area contributed by atoms with Crippen molar-refractivity contribution >= 4 is 11.4 Å². The van der Waals surface area contributed by atoms with Gasteiger partial charge in [0.25, 0.3) is 0 Å². The Labute approximate surface area is 176 Å². The van der Waals surface area contributed by atoms with E-state index in [1.54, 1.807) is 0 Å². The van der Waals surface area contributed by atoms with Gasteiger partial charge in [0.05, 0.1) is 11.1 Å². The summed E-state index contributed by atoms with van der Waals surface area (Å²) in [5.41, 5.74) is 3.25. The van der Waals surface area contributed by atoms with Crippen molar-refractivity contribution in [1.82, 2.24) is 0 Å². The van der Waals surface area contributed by atoms with Gasteiger partial charge in [-0.15, -0.1) is 0 Å². The maximum Gasteiger partial charge on any atom is 0.0913 e. The molecule has 0 aromatic carbocycles. The van der Waals surface area contributed by atoms with Gasteiger partial charge in [-0.05, 0) is 23.7 Å². The van der Waals surface area contributed by atoms with E-state index in [2.05, 4.69) is 55.4 Å². The van der Waals surface area contributed by atoms with Crippen LogP contribution in [0, 0.1) is 10.8 Å². The monoisotopic (exact) mass is 388 g/mol. The summed E-state index contributed by atoms with van der Waals surface area (Å²) >= 11 is 0. The molecule has 0 saturated heterocycles. The molecule has 0 aromatic heterocycles. The minimum atomic E-state index is 0.0399. The molecule has 2 atom stereocenters. The smallest absolute Gasteiger partial charge is 0.0913 e. The van der Waals surface area contributed by atoms with Crippen LogP contribution in [-0.4, -0.2) is 22.5 Å². The lowest BCUT2D eigenvalue weighted by Gasteiger charge is -2.37. The Morgan fingerprint density at radius 3 is 1.25 bits per heavy atom. The highest BCUT2D eigenvalue weighted by molar-refractivity contribution is 5.99. The third-order valence-corrected chi connectivity index (χ3v) is 7.10. The predicted molar refractivity (Wildman–Crippen MR) is 126 cm³/mol. The van der Waals surface area contributed by atoms with Crippen LogP contribution < -0.4 is 0 Å². The van der Waals surface area contributed by atoms with Crippen LogP contribution >= 0.6 is 0 Å².